The Hall–Kier alpha value is -3.96. The number of hydrogen-bond donors (Lipinski definition) is 1. The number of Topliss-reactive ketones (excluding diaryl/α,β-unsaturated/α-hetero) is 3. The lowest BCUT2D eigenvalue weighted by atomic mass is 9.73. The lowest BCUT2D eigenvalue weighted by Gasteiger charge is -2.38. The number of carbonyl (C=O) groups is 3. The van der Waals surface area contributed by atoms with E-state index in [0.717, 1.165) is 22.6 Å². The van der Waals surface area contributed by atoms with E-state index in [1.807, 2.05) is 41.3 Å². The minimum atomic E-state index is -0.557. The quantitative estimate of drug-likeness (QED) is 0.282. The second kappa shape index (κ2) is 8.81. The molecule has 190 valence electrons. The summed E-state index contributed by atoms with van der Waals surface area (Å²) in [4.78, 5) is 43.1. The Morgan fingerprint density at radius 3 is 2.13 bits per heavy atom. The summed E-state index contributed by atoms with van der Waals surface area (Å²) in [5.74, 6) is -0.539. The van der Waals surface area contributed by atoms with Gasteiger partial charge in [0.2, 0.25) is 0 Å². The minimum absolute atomic E-state index is 0.0478. The molecule has 3 aliphatic rings. The van der Waals surface area contributed by atoms with Crippen molar-refractivity contribution in [1.29, 1.82) is 0 Å². The van der Waals surface area contributed by atoms with Gasteiger partial charge in [0.05, 0.1) is 23.0 Å². The zero-order valence-electron chi connectivity index (χ0n) is 21.5. The van der Waals surface area contributed by atoms with Gasteiger partial charge in [-0.05, 0) is 48.6 Å². The Labute approximate surface area is 226 Å². The topological polar surface area (TPSA) is 66.5 Å². The fourth-order valence-electron chi connectivity index (χ4n) is 6.02. The molecule has 0 aromatic heterocycles. The van der Waals surface area contributed by atoms with Gasteiger partial charge in [-0.25, -0.2) is 0 Å². The van der Waals surface area contributed by atoms with Crippen LogP contribution in [0, 0.1) is 5.41 Å². The number of benzene rings is 3. The maximum absolute atomic E-state index is 13.9. The van der Waals surface area contributed by atoms with Gasteiger partial charge in [0.15, 0.2) is 17.3 Å². The first kappa shape index (κ1) is 24.4. The van der Waals surface area contributed by atoms with E-state index in [0.29, 0.717) is 40.3 Å². The highest BCUT2D eigenvalue weighted by Gasteiger charge is 2.44. The van der Waals surface area contributed by atoms with Gasteiger partial charge < -0.3 is 10.2 Å². The predicted octanol–water partition coefficient (Wildman–Crippen LogP) is 7.31. The van der Waals surface area contributed by atoms with E-state index in [4.69, 9.17) is 11.6 Å². The maximum Gasteiger partial charge on any atom is 0.199 e. The monoisotopic (exact) mass is 522 g/mol. The van der Waals surface area contributed by atoms with Crippen molar-refractivity contribution in [2.45, 2.75) is 39.7 Å². The molecule has 0 saturated carbocycles. The highest BCUT2D eigenvalue weighted by Crippen LogP contribution is 2.50. The number of rotatable bonds is 2. The number of hydrogen-bond acceptors (Lipinski definition) is 5. The van der Waals surface area contributed by atoms with Crippen molar-refractivity contribution in [2.24, 2.45) is 5.41 Å². The normalized spacial score (nSPS) is 20.0. The number of carbonyl (C=O) groups excluding carboxylic acids is 3. The van der Waals surface area contributed by atoms with Gasteiger partial charge >= 0.3 is 0 Å². The molecular formula is C32H27ClN2O3. The van der Waals surface area contributed by atoms with Crippen LogP contribution >= 0.6 is 11.6 Å². The van der Waals surface area contributed by atoms with Gasteiger partial charge in [-0.15, -0.1) is 0 Å². The number of allylic oxidation sites excluding steroid dienone is 3. The van der Waals surface area contributed by atoms with Gasteiger partial charge in [-0.2, -0.15) is 0 Å². The van der Waals surface area contributed by atoms with E-state index >= 15 is 0 Å². The van der Waals surface area contributed by atoms with Crippen LogP contribution in [0.5, 0.6) is 0 Å². The van der Waals surface area contributed by atoms with Gasteiger partial charge in [-0.1, -0.05) is 74.0 Å². The summed E-state index contributed by atoms with van der Waals surface area (Å²) in [5, 5.41) is 4.16. The highest BCUT2D eigenvalue weighted by atomic mass is 35.5. The van der Waals surface area contributed by atoms with E-state index < -0.39 is 6.04 Å². The first-order chi connectivity index (χ1) is 18.2. The zero-order chi connectivity index (χ0) is 26.8. The Bertz CT molecular complexity index is 1560. The number of para-hydroxylation sites is 2. The van der Waals surface area contributed by atoms with Crippen molar-refractivity contribution in [3.8, 4) is 0 Å². The third-order valence-electron chi connectivity index (χ3n) is 7.68. The highest BCUT2D eigenvalue weighted by molar-refractivity contribution is 6.40. The molecule has 0 unspecified atom stereocenters. The smallest absolute Gasteiger partial charge is 0.199 e. The van der Waals surface area contributed by atoms with Crippen molar-refractivity contribution in [3.05, 3.63) is 117 Å². The number of anilines is 2. The molecule has 0 fully saturated rings. The van der Waals surface area contributed by atoms with Crippen LogP contribution in [0.2, 0.25) is 5.02 Å². The third-order valence-corrected chi connectivity index (χ3v) is 7.93. The van der Waals surface area contributed by atoms with Gasteiger partial charge in [-0.3, -0.25) is 14.4 Å². The molecule has 6 heteroatoms. The molecule has 38 heavy (non-hydrogen) atoms. The lowest BCUT2D eigenvalue weighted by molar-refractivity contribution is -0.118. The fourth-order valence-corrected chi connectivity index (χ4v) is 6.15. The zero-order valence-corrected chi connectivity index (χ0v) is 22.2. The number of ketones is 3. The third kappa shape index (κ3) is 3.81. The van der Waals surface area contributed by atoms with Crippen molar-refractivity contribution >= 4 is 40.3 Å². The first-order valence-electron chi connectivity index (χ1n) is 12.7. The van der Waals surface area contributed by atoms with Crippen LogP contribution < -0.4 is 10.2 Å². The van der Waals surface area contributed by atoms with Crippen LogP contribution in [0.4, 0.5) is 11.4 Å². The molecule has 5 nitrogen and oxygen atoms in total. The van der Waals surface area contributed by atoms with Crippen LogP contribution in [0.25, 0.3) is 0 Å². The standard InChI is InChI=1S/C32H27ClN2O3/c1-18(27-30(37)21-8-4-5-9-22(21)31(27)38)35-25-11-7-6-10-23(25)34-24-16-32(2,3)17-26(36)28(24)29(35)19-12-14-20(33)15-13-19/h4-15,29,34H,16-17H2,1-3H3/t29-/m1/s1. The van der Waals surface area contributed by atoms with Crippen molar-refractivity contribution in [1.82, 2.24) is 0 Å². The lowest BCUT2D eigenvalue weighted by Crippen LogP contribution is -2.36. The molecule has 1 heterocycles. The molecule has 1 atom stereocenters. The Kier molecular flexibility index (Phi) is 5.65. The van der Waals surface area contributed by atoms with Crippen LogP contribution in [0.3, 0.4) is 0 Å². The van der Waals surface area contributed by atoms with E-state index in [1.165, 1.54) is 0 Å². The number of nitrogens with zero attached hydrogens (tertiary/aromatic N) is 1. The maximum atomic E-state index is 13.9. The molecule has 0 saturated heterocycles. The Balaban J connectivity index is 1.65. The summed E-state index contributed by atoms with van der Waals surface area (Å²) in [6, 6.07) is 21.6. The Morgan fingerprint density at radius 2 is 1.47 bits per heavy atom. The molecule has 0 amide bonds. The summed E-state index contributed by atoms with van der Waals surface area (Å²) < 4.78 is 0. The molecule has 2 aliphatic carbocycles. The van der Waals surface area contributed by atoms with Crippen LogP contribution in [0.1, 0.15) is 65.9 Å². The molecule has 3 aromatic rings. The average Bonchev–Trinajstić information content (AvgIpc) is 3.04. The summed E-state index contributed by atoms with van der Waals surface area (Å²) in [6.07, 6.45) is 1.10. The van der Waals surface area contributed by atoms with Gasteiger partial charge in [0.1, 0.15) is 0 Å². The molecule has 6 rings (SSSR count). The first-order valence-corrected chi connectivity index (χ1v) is 13.1. The molecule has 0 spiro atoms. The van der Waals surface area contributed by atoms with E-state index in [9.17, 15) is 14.4 Å². The predicted molar refractivity (Wildman–Crippen MR) is 150 cm³/mol. The van der Waals surface area contributed by atoms with Crippen molar-refractivity contribution < 1.29 is 14.4 Å². The summed E-state index contributed by atoms with van der Waals surface area (Å²) in [5.41, 5.74) is 5.23. The van der Waals surface area contributed by atoms with Crippen LogP contribution in [-0.2, 0) is 4.79 Å². The number of nitrogens with one attached hydrogen (secondary N) is 1. The van der Waals surface area contributed by atoms with Gasteiger partial charge in [0, 0.05) is 39.5 Å². The SMILES string of the molecule is CC(=C1C(=O)c2ccccc2C1=O)N1c2ccccc2NC2=C(C(=O)CC(C)(C)C2)[C@H]1c1ccc(Cl)cc1. The number of halogens is 1. The van der Waals surface area contributed by atoms with Crippen LogP contribution in [0.15, 0.2) is 95.3 Å². The number of fused-ring (bicyclic) bond motifs is 2. The van der Waals surface area contributed by atoms with E-state index in [1.54, 1.807) is 43.3 Å². The van der Waals surface area contributed by atoms with E-state index in [2.05, 4.69) is 19.2 Å². The second-order valence-electron chi connectivity index (χ2n) is 11.0. The second-order valence-corrected chi connectivity index (χ2v) is 11.4. The molecular weight excluding hydrogens is 496 g/mol. The van der Waals surface area contributed by atoms with Gasteiger partial charge in [0.25, 0.3) is 0 Å². The Morgan fingerprint density at radius 1 is 0.868 bits per heavy atom. The fraction of sp³-hybridized carbons (Fsp3) is 0.219. The molecule has 3 aromatic carbocycles. The van der Waals surface area contributed by atoms with E-state index in [-0.39, 0.29) is 28.3 Å². The molecule has 0 bridgehead atoms. The van der Waals surface area contributed by atoms with Crippen molar-refractivity contribution in [2.75, 3.05) is 10.2 Å². The summed E-state index contributed by atoms with van der Waals surface area (Å²) in [6.45, 7) is 6.00. The molecule has 1 N–H and O–H groups in total. The largest absolute Gasteiger partial charge is 0.357 e. The van der Waals surface area contributed by atoms with Crippen LogP contribution in [-0.4, -0.2) is 17.3 Å². The molecule has 0 radical (unpaired) electrons. The average molecular weight is 523 g/mol. The summed E-state index contributed by atoms with van der Waals surface area (Å²) in [7, 11) is 0. The minimum Gasteiger partial charge on any atom is -0.357 e. The molecule has 1 aliphatic heterocycles. The van der Waals surface area contributed by atoms with Crippen molar-refractivity contribution in [3.63, 3.8) is 0 Å². The summed E-state index contributed by atoms with van der Waals surface area (Å²) >= 11 is 6.26.